The van der Waals surface area contributed by atoms with Gasteiger partial charge in [-0.3, -0.25) is 4.79 Å². The van der Waals surface area contributed by atoms with Crippen molar-refractivity contribution < 1.29 is 29.0 Å². The lowest BCUT2D eigenvalue weighted by Crippen LogP contribution is -2.50. The van der Waals surface area contributed by atoms with Crippen molar-refractivity contribution in [3.05, 3.63) is 59.7 Å². The molecular weight excluding hydrogens is 448 g/mol. The van der Waals surface area contributed by atoms with Gasteiger partial charge in [0.2, 0.25) is 5.91 Å². The van der Waals surface area contributed by atoms with E-state index < -0.39 is 29.1 Å². The minimum atomic E-state index is -1.12. The van der Waals surface area contributed by atoms with E-state index in [9.17, 15) is 19.5 Å². The Bertz CT molecular complexity index is 1080. The highest BCUT2D eigenvalue weighted by atomic mass is 16.5. The first-order valence-corrected chi connectivity index (χ1v) is 11.8. The zero-order valence-electron chi connectivity index (χ0n) is 20.3. The van der Waals surface area contributed by atoms with Gasteiger partial charge in [-0.05, 0) is 48.9 Å². The number of aliphatic carboxylic acids is 1. The molecule has 2 aliphatic carbocycles. The smallest absolute Gasteiger partial charge is 0.407 e. The van der Waals surface area contributed by atoms with E-state index in [0.717, 1.165) is 22.3 Å². The van der Waals surface area contributed by atoms with Gasteiger partial charge in [-0.25, -0.2) is 9.59 Å². The summed E-state index contributed by atoms with van der Waals surface area (Å²) in [5, 5.41) is 14.9. The van der Waals surface area contributed by atoms with Gasteiger partial charge in [-0.15, -0.1) is 0 Å². The fraction of sp³-hybridized carbons (Fsp3) is 0.444. The van der Waals surface area contributed by atoms with Crippen LogP contribution in [0.4, 0.5) is 4.79 Å². The van der Waals surface area contributed by atoms with Crippen LogP contribution in [0.25, 0.3) is 11.1 Å². The normalized spacial score (nSPS) is 16.5. The molecule has 0 saturated heterocycles. The lowest BCUT2D eigenvalue weighted by atomic mass is 9.97. The van der Waals surface area contributed by atoms with Crippen LogP contribution in [0.1, 0.15) is 50.2 Å². The van der Waals surface area contributed by atoms with Gasteiger partial charge in [0, 0.05) is 26.0 Å². The quantitative estimate of drug-likeness (QED) is 0.478. The van der Waals surface area contributed by atoms with Crippen LogP contribution < -0.4 is 10.6 Å². The highest BCUT2D eigenvalue weighted by molar-refractivity contribution is 5.90. The first-order valence-electron chi connectivity index (χ1n) is 11.8. The van der Waals surface area contributed by atoms with Crippen molar-refractivity contribution in [2.75, 3.05) is 20.3 Å². The largest absolute Gasteiger partial charge is 0.480 e. The number of nitrogens with one attached hydrogen (secondary N) is 2. The Morgan fingerprint density at radius 3 is 2.14 bits per heavy atom. The third kappa shape index (κ3) is 5.32. The van der Waals surface area contributed by atoms with E-state index >= 15 is 0 Å². The molecule has 0 aromatic heterocycles. The monoisotopic (exact) mass is 480 g/mol. The lowest BCUT2D eigenvalue weighted by Gasteiger charge is -2.28. The van der Waals surface area contributed by atoms with E-state index in [2.05, 4.69) is 34.9 Å². The number of amides is 2. The van der Waals surface area contributed by atoms with Crippen LogP contribution in [0.2, 0.25) is 0 Å². The molecule has 8 nitrogen and oxygen atoms in total. The van der Waals surface area contributed by atoms with Crippen molar-refractivity contribution in [1.29, 1.82) is 0 Å². The van der Waals surface area contributed by atoms with Gasteiger partial charge in [-0.1, -0.05) is 48.5 Å². The molecule has 0 radical (unpaired) electrons. The molecule has 186 valence electrons. The van der Waals surface area contributed by atoms with Gasteiger partial charge in [0.15, 0.2) is 0 Å². The Labute approximate surface area is 205 Å². The molecule has 1 atom stereocenters. The van der Waals surface area contributed by atoms with Crippen molar-refractivity contribution in [3.8, 4) is 11.1 Å². The average molecular weight is 481 g/mol. The molecule has 3 N–H and O–H groups in total. The number of alkyl carbamates (subject to hydrolysis) is 1. The number of hydrogen-bond donors (Lipinski definition) is 3. The van der Waals surface area contributed by atoms with Crippen molar-refractivity contribution in [2.45, 2.75) is 50.7 Å². The fourth-order valence-electron chi connectivity index (χ4n) is 4.61. The van der Waals surface area contributed by atoms with Crippen LogP contribution in [0, 0.1) is 5.41 Å². The van der Waals surface area contributed by atoms with E-state index in [-0.39, 0.29) is 31.4 Å². The number of fused-ring (bicyclic) bond motifs is 3. The van der Waals surface area contributed by atoms with Gasteiger partial charge in [0.25, 0.3) is 0 Å². The molecule has 1 unspecified atom stereocenters. The van der Waals surface area contributed by atoms with Crippen LogP contribution >= 0.6 is 0 Å². The van der Waals surface area contributed by atoms with Crippen molar-refractivity contribution in [3.63, 3.8) is 0 Å². The summed E-state index contributed by atoms with van der Waals surface area (Å²) in [5.41, 5.74) is 3.03. The molecule has 0 bridgehead atoms. The summed E-state index contributed by atoms with van der Waals surface area (Å²) in [5.74, 6) is -1.55. The molecule has 1 fully saturated rings. The molecular formula is C27H32N2O6. The van der Waals surface area contributed by atoms with E-state index in [1.807, 2.05) is 24.3 Å². The second kappa shape index (κ2) is 9.70. The van der Waals surface area contributed by atoms with Gasteiger partial charge in [0.1, 0.15) is 12.6 Å². The maximum atomic E-state index is 12.9. The molecule has 2 amide bonds. The second-order valence-corrected chi connectivity index (χ2v) is 9.99. The Kier molecular flexibility index (Phi) is 6.85. The fourth-order valence-corrected chi connectivity index (χ4v) is 4.61. The number of carbonyl (C=O) groups excluding carboxylic acids is 2. The summed E-state index contributed by atoms with van der Waals surface area (Å²) in [7, 11) is 1.50. The predicted octanol–water partition coefficient (Wildman–Crippen LogP) is 3.69. The minimum Gasteiger partial charge on any atom is -0.480 e. The number of ether oxygens (including phenoxy) is 2. The molecule has 2 aromatic rings. The number of carboxylic acids is 1. The Morgan fingerprint density at radius 1 is 1.06 bits per heavy atom. The summed E-state index contributed by atoms with van der Waals surface area (Å²) in [6.07, 6.45) is 0.673. The minimum absolute atomic E-state index is 0.0493. The SMILES string of the molecule is COC(C)(C)CC(NC(=O)C1(CNC(=O)OCC2c3ccccc3-c3ccccc32)CC1)C(=O)O. The molecule has 4 rings (SSSR count). The highest BCUT2D eigenvalue weighted by Gasteiger charge is 2.51. The standard InChI is InChI=1S/C27H32N2O6/c1-26(2,34-3)14-22(23(30)31)29-24(32)27(12-13-27)16-28-25(33)35-15-21-19-10-6-4-8-17(19)18-9-5-7-11-20(18)21/h4-11,21-22H,12-16H2,1-3H3,(H,28,33)(H,29,32)(H,30,31). The van der Waals surface area contributed by atoms with Gasteiger partial charge in [0.05, 0.1) is 11.0 Å². The number of benzene rings is 2. The number of methoxy groups -OCH3 is 1. The number of carboxylic acid groups (broad SMARTS) is 1. The van der Waals surface area contributed by atoms with Crippen LogP contribution in [0.15, 0.2) is 48.5 Å². The molecule has 35 heavy (non-hydrogen) atoms. The lowest BCUT2D eigenvalue weighted by molar-refractivity contribution is -0.144. The number of rotatable bonds is 10. The first kappa shape index (κ1) is 24.7. The topological polar surface area (TPSA) is 114 Å². The molecule has 8 heteroatoms. The van der Waals surface area contributed by atoms with E-state index in [4.69, 9.17) is 9.47 Å². The van der Waals surface area contributed by atoms with Crippen LogP contribution in [-0.4, -0.2) is 55.0 Å². The Morgan fingerprint density at radius 2 is 1.63 bits per heavy atom. The molecule has 1 saturated carbocycles. The zero-order chi connectivity index (χ0) is 25.2. The summed E-state index contributed by atoms with van der Waals surface area (Å²) in [4.78, 5) is 37.0. The maximum absolute atomic E-state index is 12.9. The summed E-state index contributed by atoms with van der Waals surface area (Å²) < 4.78 is 10.9. The van der Waals surface area contributed by atoms with E-state index in [1.54, 1.807) is 13.8 Å². The predicted molar refractivity (Wildman–Crippen MR) is 130 cm³/mol. The summed E-state index contributed by atoms with van der Waals surface area (Å²) in [6.45, 7) is 3.81. The summed E-state index contributed by atoms with van der Waals surface area (Å²) >= 11 is 0. The van der Waals surface area contributed by atoms with Crippen molar-refractivity contribution in [2.24, 2.45) is 5.41 Å². The van der Waals surface area contributed by atoms with E-state index in [0.29, 0.717) is 12.8 Å². The maximum Gasteiger partial charge on any atom is 0.407 e. The van der Waals surface area contributed by atoms with Gasteiger partial charge >= 0.3 is 12.1 Å². The van der Waals surface area contributed by atoms with Crippen molar-refractivity contribution in [1.82, 2.24) is 10.6 Å². The Balaban J connectivity index is 1.32. The average Bonchev–Trinajstić information content (AvgIpc) is 3.58. The van der Waals surface area contributed by atoms with Crippen molar-refractivity contribution >= 4 is 18.0 Å². The molecule has 0 spiro atoms. The molecule has 0 aliphatic heterocycles. The zero-order valence-corrected chi connectivity index (χ0v) is 20.3. The van der Waals surface area contributed by atoms with E-state index in [1.165, 1.54) is 7.11 Å². The third-order valence-electron chi connectivity index (χ3n) is 7.10. The number of carbonyl (C=O) groups is 3. The first-order chi connectivity index (χ1) is 16.7. The van der Waals surface area contributed by atoms with Crippen LogP contribution in [-0.2, 0) is 19.1 Å². The second-order valence-electron chi connectivity index (χ2n) is 9.99. The van der Waals surface area contributed by atoms with Gasteiger partial charge < -0.3 is 25.2 Å². The molecule has 2 aliphatic rings. The molecule has 0 heterocycles. The number of hydrogen-bond acceptors (Lipinski definition) is 5. The Hall–Kier alpha value is -3.39. The highest BCUT2D eigenvalue weighted by Crippen LogP contribution is 2.46. The van der Waals surface area contributed by atoms with Crippen LogP contribution in [0.3, 0.4) is 0 Å². The van der Waals surface area contributed by atoms with Crippen LogP contribution in [0.5, 0.6) is 0 Å². The van der Waals surface area contributed by atoms with Gasteiger partial charge in [-0.2, -0.15) is 0 Å². The molecule has 2 aromatic carbocycles. The third-order valence-corrected chi connectivity index (χ3v) is 7.10. The summed E-state index contributed by atoms with van der Waals surface area (Å²) in [6, 6.07) is 15.1.